The summed E-state index contributed by atoms with van der Waals surface area (Å²) in [6, 6.07) is 8.41. The Kier molecular flexibility index (Phi) is 8.10. The van der Waals surface area contributed by atoms with Crippen LogP contribution in [0.2, 0.25) is 5.02 Å². The first-order chi connectivity index (χ1) is 22.1. The predicted octanol–water partition coefficient (Wildman–Crippen LogP) is 6.75. The minimum Gasteiger partial charge on any atom is -0.393 e. The van der Waals surface area contributed by atoms with E-state index in [-0.39, 0.29) is 53.1 Å². The summed E-state index contributed by atoms with van der Waals surface area (Å²) in [6.07, 6.45) is 12.2. The van der Waals surface area contributed by atoms with E-state index in [1.807, 2.05) is 17.5 Å². The first kappa shape index (κ1) is 33.6. The van der Waals surface area contributed by atoms with Crippen molar-refractivity contribution in [2.75, 3.05) is 19.3 Å². The second-order valence-corrected chi connectivity index (χ2v) is 19.0. The Morgan fingerprint density at radius 3 is 2.49 bits per heavy atom. The number of carbonyl (C=O) groups excluding carboxylic acids is 1. The molecule has 2 spiro atoms. The van der Waals surface area contributed by atoms with Crippen LogP contribution in [0.15, 0.2) is 59.5 Å². The molecule has 0 saturated heterocycles. The fraction of sp³-hybridized carbons (Fsp3) is 0.595. The molecule has 3 saturated carbocycles. The third-order valence-corrected chi connectivity index (χ3v) is 16.0. The topological polar surface area (TPSA) is 94.9 Å². The molecule has 6 aliphatic carbocycles. The summed E-state index contributed by atoms with van der Waals surface area (Å²) in [5.74, 6) is -0.749. The summed E-state index contributed by atoms with van der Waals surface area (Å²) in [5.41, 5.74) is -2.58. The second kappa shape index (κ2) is 11.3. The first-order valence-corrected chi connectivity index (χ1v) is 20.0. The number of benzene rings is 1. The maximum absolute atomic E-state index is 15.0. The number of ketones is 1. The molecule has 8 atom stereocenters. The van der Waals surface area contributed by atoms with Crippen LogP contribution >= 0.6 is 22.9 Å². The number of Topliss-reactive ketones (excluding diaryl/α,β-unsaturated/α-hetero) is 1. The Bertz CT molecular complexity index is 1740. The molecule has 1 heterocycles. The van der Waals surface area contributed by atoms with Gasteiger partial charge in [-0.15, -0.1) is 11.3 Å². The molecule has 254 valence electrons. The lowest BCUT2D eigenvalue weighted by molar-refractivity contribution is -0.176. The molecule has 1 unspecified atom stereocenters. The molecule has 47 heavy (non-hydrogen) atoms. The van der Waals surface area contributed by atoms with Crippen LogP contribution in [-0.2, 0) is 27.7 Å². The smallest absolute Gasteiger partial charge is 0.211 e. The molecular weight excluding hydrogens is 657 g/mol. The number of sulfonamides is 1. The number of allylic oxidation sites excluding steroid dienone is 4. The highest BCUT2D eigenvalue weighted by Gasteiger charge is 2.74. The van der Waals surface area contributed by atoms with Crippen LogP contribution in [-0.4, -0.2) is 59.8 Å². The van der Waals surface area contributed by atoms with Crippen LogP contribution in [0.4, 0.5) is 4.39 Å². The number of hydrogen-bond donors (Lipinski definition) is 2. The van der Waals surface area contributed by atoms with E-state index in [1.54, 1.807) is 17.4 Å². The summed E-state index contributed by atoms with van der Waals surface area (Å²) in [6.45, 7) is 4.70. The summed E-state index contributed by atoms with van der Waals surface area (Å²) >= 11 is 8.02. The van der Waals surface area contributed by atoms with E-state index in [4.69, 9.17) is 11.6 Å². The third kappa shape index (κ3) is 4.92. The zero-order valence-corrected chi connectivity index (χ0v) is 29.7. The number of halogens is 2. The third-order valence-electron chi connectivity index (χ3n) is 13.5. The maximum Gasteiger partial charge on any atom is 0.211 e. The largest absolute Gasteiger partial charge is 0.393 e. The van der Waals surface area contributed by atoms with Gasteiger partial charge in [0.25, 0.3) is 0 Å². The van der Waals surface area contributed by atoms with E-state index in [9.17, 15) is 23.4 Å². The van der Waals surface area contributed by atoms with Crippen molar-refractivity contribution >= 4 is 38.7 Å². The van der Waals surface area contributed by atoms with Gasteiger partial charge in [-0.3, -0.25) is 4.79 Å². The van der Waals surface area contributed by atoms with Crippen molar-refractivity contribution in [1.29, 1.82) is 0 Å². The minimum absolute atomic E-state index is 0.000103. The van der Waals surface area contributed by atoms with Crippen LogP contribution < -0.4 is 0 Å². The van der Waals surface area contributed by atoms with Crippen LogP contribution in [0.25, 0.3) is 0 Å². The van der Waals surface area contributed by atoms with E-state index in [1.165, 1.54) is 22.7 Å². The van der Waals surface area contributed by atoms with Gasteiger partial charge in [0.1, 0.15) is 5.82 Å². The van der Waals surface area contributed by atoms with Gasteiger partial charge in [-0.05, 0) is 92.2 Å². The van der Waals surface area contributed by atoms with Gasteiger partial charge < -0.3 is 10.2 Å². The molecule has 1 aromatic heterocycles. The molecule has 1 aromatic carbocycles. The van der Waals surface area contributed by atoms with Gasteiger partial charge >= 0.3 is 0 Å². The van der Waals surface area contributed by atoms with Crippen LogP contribution in [0.3, 0.4) is 0 Å². The standard InChI is InChI=1S/C37H45ClFNO5S2/c1-33-13-9-24(41)21-35(33)16-17-37(27(22-35)30(42)20-26-28(38)7-4-8-29(26)39)31(33)10-14-34(2)32(37)11-15-36(34,43)23-40(47(3,44)45)18-12-25-6-5-19-46-25/h4-8,16-17,19,22,24,31-32,41,43H,9-15,18,20-21,23H2,1-3H3/t24?,31-,32-,33-,34+,35+,36-,37-/m1/s1. The van der Waals surface area contributed by atoms with Crippen molar-refractivity contribution in [3.05, 3.63) is 80.8 Å². The number of fused-ring (bicyclic) bond motifs is 1. The number of carbonyl (C=O) groups is 1. The van der Waals surface area contributed by atoms with Crippen molar-refractivity contribution < 1.29 is 27.8 Å². The number of aliphatic hydroxyl groups excluding tert-OH is 1. The van der Waals surface area contributed by atoms with Crippen molar-refractivity contribution in [3.8, 4) is 0 Å². The first-order valence-electron chi connectivity index (χ1n) is 16.9. The highest BCUT2D eigenvalue weighted by molar-refractivity contribution is 7.88. The van der Waals surface area contributed by atoms with Gasteiger partial charge in [-0.2, -0.15) is 4.31 Å². The molecule has 6 nitrogen and oxygen atoms in total. The Labute approximate surface area is 286 Å². The number of nitrogens with zero attached hydrogens (tertiary/aromatic N) is 1. The zero-order chi connectivity index (χ0) is 33.6. The van der Waals surface area contributed by atoms with Crippen LogP contribution in [0.5, 0.6) is 0 Å². The SMILES string of the molecule is C[C@]12CC[C@H]3[C@]4(C=C[C@@]5(C=C4C(=O)Cc4c(F)cccc4Cl)CC(O)CC[C@]35C)[C@@H]1CC[C@@]2(O)CN(CCc1cccs1)S(C)(=O)=O. The fourth-order valence-electron chi connectivity index (χ4n) is 11.0. The Morgan fingerprint density at radius 1 is 1.06 bits per heavy atom. The molecule has 10 heteroatoms. The van der Waals surface area contributed by atoms with Crippen molar-refractivity contribution in [2.45, 2.75) is 83.3 Å². The summed E-state index contributed by atoms with van der Waals surface area (Å²) in [4.78, 5) is 15.7. The number of hydrogen-bond acceptors (Lipinski definition) is 6. The molecule has 0 aliphatic heterocycles. The summed E-state index contributed by atoms with van der Waals surface area (Å²) in [7, 11) is -3.62. The van der Waals surface area contributed by atoms with E-state index >= 15 is 4.39 Å². The van der Waals surface area contributed by atoms with Gasteiger partial charge in [-0.1, -0.05) is 55.8 Å². The lowest BCUT2D eigenvalue weighted by atomic mass is 9.32. The quantitative estimate of drug-likeness (QED) is 0.282. The van der Waals surface area contributed by atoms with E-state index in [2.05, 4.69) is 32.1 Å². The molecule has 2 N–H and O–H groups in total. The van der Waals surface area contributed by atoms with Gasteiger partial charge in [0, 0.05) is 56.8 Å². The molecule has 6 aliphatic rings. The number of thiophene rings is 1. The summed E-state index contributed by atoms with van der Waals surface area (Å²) in [5, 5.41) is 25.8. The number of rotatable bonds is 9. The molecule has 0 amide bonds. The lowest BCUT2D eigenvalue weighted by Crippen LogP contribution is -2.67. The minimum atomic E-state index is -3.62. The fourth-order valence-corrected chi connectivity index (χ4v) is 12.8. The molecule has 2 bridgehead atoms. The Balaban J connectivity index is 1.30. The van der Waals surface area contributed by atoms with E-state index in [0.717, 1.165) is 17.7 Å². The van der Waals surface area contributed by atoms with E-state index < -0.39 is 43.8 Å². The Morgan fingerprint density at radius 2 is 1.79 bits per heavy atom. The molecule has 2 aromatic rings. The highest BCUT2D eigenvalue weighted by Crippen LogP contribution is 2.78. The normalized spacial score (nSPS) is 39.0. The second-order valence-electron chi connectivity index (χ2n) is 15.5. The molecular formula is C37H45ClFNO5S2. The van der Waals surface area contributed by atoms with Crippen LogP contribution in [0.1, 0.15) is 69.2 Å². The molecule has 8 rings (SSSR count). The number of aliphatic hydroxyl groups is 2. The molecule has 3 fully saturated rings. The van der Waals surface area contributed by atoms with Gasteiger partial charge in [-0.25, -0.2) is 12.8 Å². The van der Waals surface area contributed by atoms with E-state index in [0.29, 0.717) is 44.1 Å². The van der Waals surface area contributed by atoms with Crippen molar-refractivity contribution in [2.24, 2.45) is 33.5 Å². The summed E-state index contributed by atoms with van der Waals surface area (Å²) < 4.78 is 42.7. The molecule has 0 radical (unpaired) electrons. The lowest BCUT2D eigenvalue weighted by Gasteiger charge is -2.71. The average Bonchev–Trinajstić information content (AvgIpc) is 3.62. The van der Waals surface area contributed by atoms with Gasteiger partial charge in [0.15, 0.2) is 5.78 Å². The Hall–Kier alpha value is -1.88. The zero-order valence-electron chi connectivity index (χ0n) is 27.3. The van der Waals surface area contributed by atoms with Crippen LogP contribution in [0, 0.1) is 39.3 Å². The average molecular weight is 702 g/mol. The van der Waals surface area contributed by atoms with Gasteiger partial charge in [0.05, 0.1) is 18.0 Å². The maximum atomic E-state index is 15.0. The van der Waals surface area contributed by atoms with Gasteiger partial charge in [0.2, 0.25) is 10.0 Å². The van der Waals surface area contributed by atoms with Crippen molar-refractivity contribution in [3.63, 3.8) is 0 Å². The monoisotopic (exact) mass is 701 g/mol. The van der Waals surface area contributed by atoms with Crippen molar-refractivity contribution in [1.82, 2.24) is 4.31 Å². The highest BCUT2D eigenvalue weighted by atomic mass is 35.5. The predicted molar refractivity (Wildman–Crippen MR) is 183 cm³/mol.